The van der Waals surface area contributed by atoms with Crippen LogP contribution in [0.5, 0.6) is 5.88 Å². The SMILES string of the molecule is CC1CC[NH+](Cn2nc([O-])ccc2=O)CC1. The maximum Gasteiger partial charge on any atom is 0.271 e. The van der Waals surface area contributed by atoms with Crippen molar-refractivity contribution in [3.8, 4) is 5.88 Å². The highest BCUT2D eigenvalue weighted by Gasteiger charge is 2.19. The summed E-state index contributed by atoms with van der Waals surface area (Å²) in [6.07, 6.45) is 2.36. The van der Waals surface area contributed by atoms with Gasteiger partial charge in [0.1, 0.15) is 0 Å². The molecule has 0 amide bonds. The van der Waals surface area contributed by atoms with E-state index in [1.165, 1.54) is 34.6 Å². The molecule has 5 nitrogen and oxygen atoms in total. The van der Waals surface area contributed by atoms with E-state index in [1.54, 1.807) is 0 Å². The molecule has 16 heavy (non-hydrogen) atoms. The lowest BCUT2D eigenvalue weighted by Gasteiger charge is -2.27. The average molecular weight is 223 g/mol. The second kappa shape index (κ2) is 4.65. The third kappa shape index (κ3) is 2.61. The Labute approximate surface area is 94.3 Å². The van der Waals surface area contributed by atoms with Gasteiger partial charge in [-0.25, -0.2) is 0 Å². The van der Waals surface area contributed by atoms with Crippen LogP contribution in [0.2, 0.25) is 0 Å². The molecule has 0 atom stereocenters. The molecule has 0 bridgehead atoms. The number of likely N-dealkylation sites (tertiary alicyclic amines) is 1. The van der Waals surface area contributed by atoms with Gasteiger partial charge in [0.2, 0.25) is 0 Å². The van der Waals surface area contributed by atoms with Crippen molar-refractivity contribution in [3.63, 3.8) is 0 Å². The van der Waals surface area contributed by atoms with Gasteiger partial charge in [0.15, 0.2) is 6.67 Å². The van der Waals surface area contributed by atoms with Crippen molar-refractivity contribution >= 4 is 0 Å². The Kier molecular flexibility index (Phi) is 3.24. The van der Waals surface area contributed by atoms with Crippen molar-refractivity contribution in [1.82, 2.24) is 9.78 Å². The van der Waals surface area contributed by atoms with Crippen molar-refractivity contribution in [3.05, 3.63) is 22.5 Å². The fourth-order valence-corrected chi connectivity index (χ4v) is 2.08. The first kappa shape index (κ1) is 11.1. The zero-order valence-electron chi connectivity index (χ0n) is 9.48. The lowest BCUT2D eigenvalue weighted by atomic mass is 10.00. The van der Waals surface area contributed by atoms with Gasteiger partial charge in [-0.2, -0.15) is 9.78 Å². The van der Waals surface area contributed by atoms with Crippen LogP contribution in [-0.2, 0) is 6.67 Å². The fraction of sp³-hybridized carbons (Fsp3) is 0.636. The molecule has 0 unspecified atom stereocenters. The molecule has 1 aliphatic rings. The molecule has 1 aromatic rings. The molecule has 1 fully saturated rings. The number of hydrogen-bond acceptors (Lipinski definition) is 3. The minimum Gasteiger partial charge on any atom is -0.857 e. The summed E-state index contributed by atoms with van der Waals surface area (Å²) in [4.78, 5) is 12.8. The van der Waals surface area contributed by atoms with Gasteiger partial charge >= 0.3 is 0 Å². The molecular weight excluding hydrogens is 206 g/mol. The molecule has 1 saturated heterocycles. The van der Waals surface area contributed by atoms with Crippen molar-refractivity contribution in [1.29, 1.82) is 0 Å². The first-order valence-electron chi connectivity index (χ1n) is 5.74. The van der Waals surface area contributed by atoms with E-state index in [-0.39, 0.29) is 11.4 Å². The summed E-state index contributed by atoms with van der Waals surface area (Å²) in [5, 5.41) is 14.8. The fourth-order valence-electron chi connectivity index (χ4n) is 2.08. The molecule has 1 aliphatic heterocycles. The summed E-state index contributed by atoms with van der Waals surface area (Å²) in [5.41, 5.74) is -0.189. The number of rotatable bonds is 2. The predicted octanol–water partition coefficient (Wildman–Crippen LogP) is -1.41. The summed E-state index contributed by atoms with van der Waals surface area (Å²) in [5.74, 6) is 0.434. The number of piperidine rings is 1. The topological polar surface area (TPSA) is 62.4 Å². The summed E-state index contributed by atoms with van der Waals surface area (Å²) < 4.78 is 1.29. The quantitative estimate of drug-likeness (QED) is 0.670. The van der Waals surface area contributed by atoms with E-state index >= 15 is 0 Å². The Balaban J connectivity index is 2.03. The van der Waals surface area contributed by atoms with Crippen LogP contribution in [0.15, 0.2) is 16.9 Å². The van der Waals surface area contributed by atoms with Crippen LogP contribution >= 0.6 is 0 Å². The second-order valence-corrected chi connectivity index (χ2v) is 4.60. The van der Waals surface area contributed by atoms with Gasteiger partial charge in [-0.05, 0) is 24.8 Å². The van der Waals surface area contributed by atoms with Crippen molar-refractivity contribution < 1.29 is 10.0 Å². The molecule has 88 valence electrons. The Morgan fingerprint density at radius 3 is 2.88 bits per heavy atom. The standard InChI is InChI=1S/C11H17N3O2/c1-9-4-6-13(7-5-9)8-14-11(16)3-2-10(15)12-14/h2-3,9H,4-8H2,1H3,(H,12,15). The lowest BCUT2D eigenvalue weighted by molar-refractivity contribution is -0.929. The van der Waals surface area contributed by atoms with Crippen LogP contribution in [0.1, 0.15) is 19.8 Å². The Morgan fingerprint density at radius 2 is 2.19 bits per heavy atom. The van der Waals surface area contributed by atoms with Gasteiger partial charge < -0.3 is 10.0 Å². The minimum absolute atomic E-state index is 0.189. The highest BCUT2D eigenvalue weighted by molar-refractivity contribution is 5.01. The Bertz CT molecular complexity index is 408. The maximum atomic E-state index is 11.5. The first-order valence-corrected chi connectivity index (χ1v) is 5.74. The highest BCUT2D eigenvalue weighted by Crippen LogP contribution is 2.06. The summed E-state index contributed by atoms with van der Waals surface area (Å²) in [6.45, 7) is 4.87. The predicted molar refractivity (Wildman–Crippen MR) is 57.0 cm³/mol. The van der Waals surface area contributed by atoms with Gasteiger partial charge in [0, 0.05) is 11.9 Å². The maximum absolute atomic E-state index is 11.5. The Hall–Kier alpha value is -1.36. The highest BCUT2D eigenvalue weighted by atomic mass is 16.3. The third-order valence-corrected chi connectivity index (χ3v) is 3.20. The van der Waals surface area contributed by atoms with Gasteiger partial charge in [0.05, 0.1) is 13.1 Å². The zero-order valence-corrected chi connectivity index (χ0v) is 9.48. The van der Waals surface area contributed by atoms with Gasteiger partial charge in [0.25, 0.3) is 5.56 Å². The molecule has 2 rings (SSSR count). The largest absolute Gasteiger partial charge is 0.857 e. The first-order chi connectivity index (χ1) is 7.65. The summed E-state index contributed by atoms with van der Waals surface area (Å²) >= 11 is 0. The van der Waals surface area contributed by atoms with Gasteiger partial charge in [-0.3, -0.25) is 4.79 Å². The van der Waals surface area contributed by atoms with Crippen LogP contribution in [0.3, 0.4) is 0 Å². The lowest BCUT2D eigenvalue weighted by Crippen LogP contribution is -3.12. The molecule has 0 aromatic carbocycles. The van der Waals surface area contributed by atoms with Crippen LogP contribution < -0.4 is 15.6 Å². The molecule has 1 aromatic heterocycles. The van der Waals surface area contributed by atoms with Crippen molar-refractivity contribution in [2.24, 2.45) is 5.92 Å². The van der Waals surface area contributed by atoms with E-state index in [4.69, 9.17) is 0 Å². The Morgan fingerprint density at radius 1 is 1.50 bits per heavy atom. The molecule has 2 heterocycles. The van der Waals surface area contributed by atoms with E-state index in [1.807, 2.05) is 0 Å². The molecule has 1 N–H and O–H groups in total. The average Bonchev–Trinajstić information content (AvgIpc) is 2.27. The van der Waals surface area contributed by atoms with E-state index in [0.29, 0.717) is 6.67 Å². The minimum atomic E-state index is -0.343. The number of nitrogens with one attached hydrogen (secondary N) is 1. The van der Waals surface area contributed by atoms with Crippen LogP contribution in [0.25, 0.3) is 0 Å². The smallest absolute Gasteiger partial charge is 0.271 e. The van der Waals surface area contributed by atoms with Crippen molar-refractivity contribution in [2.45, 2.75) is 26.4 Å². The molecule has 0 radical (unpaired) electrons. The number of hydrogen-bond donors (Lipinski definition) is 1. The van der Waals surface area contributed by atoms with Gasteiger partial charge in [-0.15, -0.1) is 0 Å². The summed E-state index contributed by atoms with van der Waals surface area (Å²) in [6, 6.07) is 2.51. The van der Waals surface area contributed by atoms with Crippen molar-refractivity contribution in [2.75, 3.05) is 13.1 Å². The second-order valence-electron chi connectivity index (χ2n) is 4.60. The molecule has 5 heteroatoms. The van der Waals surface area contributed by atoms with Crippen LogP contribution in [-0.4, -0.2) is 22.9 Å². The van der Waals surface area contributed by atoms with Gasteiger partial charge in [-0.1, -0.05) is 6.92 Å². The van der Waals surface area contributed by atoms with Crippen LogP contribution in [0.4, 0.5) is 0 Å². The number of aromatic nitrogens is 2. The molecular formula is C11H17N3O2. The monoisotopic (exact) mass is 223 g/mol. The molecule has 0 aliphatic carbocycles. The molecule has 0 saturated carbocycles. The van der Waals surface area contributed by atoms with E-state index in [0.717, 1.165) is 19.0 Å². The third-order valence-electron chi connectivity index (χ3n) is 3.20. The van der Waals surface area contributed by atoms with E-state index in [9.17, 15) is 9.90 Å². The van der Waals surface area contributed by atoms with Crippen LogP contribution in [0, 0.1) is 5.92 Å². The normalized spacial score (nSPS) is 25.6. The zero-order chi connectivity index (χ0) is 11.5. The summed E-state index contributed by atoms with van der Waals surface area (Å²) in [7, 11) is 0. The van der Waals surface area contributed by atoms with E-state index < -0.39 is 0 Å². The number of nitrogens with zero attached hydrogens (tertiary/aromatic N) is 2. The van der Waals surface area contributed by atoms with E-state index in [2.05, 4.69) is 12.0 Å². The number of quaternary nitrogens is 1. The molecule has 0 spiro atoms.